The van der Waals surface area contributed by atoms with E-state index in [2.05, 4.69) is 19.2 Å². The number of ether oxygens (including phenoxy) is 6. The molecule has 15 nitrogen and oxygen atoms in total. The molecule has 1 amide bonds. The number of non-ortho nitro benzene ring substituents is 1. The number of aliphatic hydroxyl groups excluding tert-OH is 2. The summed E-state index contributed by atoms with van der Waals surface area (Å²) in [6, 6.07) is 16.4. The Morgan fingerprint density at radius 2 is 1.69 bits per heavy atom. The number of aliphatic hydroxyl groups is 2. The van der Waals surface area contributed by atoms with Crippen molar-refractivity contribution in [1.82, 2.24) is 4.90 Å². The highest BCUT2D eigenvalue weighted by molar-refractivity contribution is 6.18. The molecule has 2 N–H and O–H groups in total. The molecule has 16 heteroatoms. The van der Waals surface area contributed by atoms with Crippen LogP contribution in [0.2, 0.25) is 0 Å². The minimum atomic E-state index is -1.56. The van der Waals surface area contributed by atoms with E-state index in [1.807, 2.05) is 30.3 Å². The third kappa shape index (κ3) is 10.2. The topological polar surface area (TPSA) is 181 Å². The average Bonchev–Trinajstić information content (AvgIpc) is 3.78. The molecule has 6 atom stereocenters. The number of hydrogen-bond acceptors (Lipinski definition) is 13. The summed E-state index contributed by atoms with van der Waals surface area (Å²) in [4.78, 5) is 33.3. The van der Waals surface area contributed by atoms with Gasteiger partial charge in [-0.3, -0.25) is 15.0 Å². The molecule has 0 spiro atoms. The Labute approximate surface area is 378 Å². The van der Waals surface area contributed by atoms with E-state index in [4.69, 9.17) is 50.0 Å². The van der Waals surface area contributed by atoms with Crippen molar-refractivity contribution in [2.24, 2.45) is 22.9 Å². The summed E-state index contributed by atoms with van der Waals surface area (Å²) in [5.41, 5.74) is 3.65. The summed E-state index contributed by atoms with van der Waals surface area (Å²) in [5.74, 6) is -0.0698. The van der Waals surface area contributed by atoms with Gasteiger partial charge in [0.2, 0.25) is 12.6 Å². The quantitative estimate of drug-likeness (QED) is 0.0305. The molecule has 2 aliphatic heterocycles. The van der Waals surface area contributed by atoms with Crippen molar-refractivity contribution in [3.05, 3.63) is 124 Å². The largest absolute Gasteiger partial charge is 0.490 e. The lowest BCUT2D eigenvalue weighted by atomic mass is 9.55. The summed E-state index contributed by atoms with van der Waals surface area (Å²) in [6.07, 6.45) is 9.30. The number of hydrogen-bond donors (Lipinski definition) is 2. The van der Waals surface area contributed by atoms with E-state index in [0.717, 1.165) is 42.4 Å². The molecule has 3 aromatic rings. The second kappa shape index (κ2) is 21.8. The summed E-state index contributed by atoms with van der Waals surface area (Å²) in [6.45, 7) is 8.39. The van der Waals surface area contributed by atoms with Gasteiger partial charge < -0.3 is 43.5 Å². The SMILES string of the molecule is C=CCOc1ccc2c(c1)C1C(CCCCO)C(CCCCO)C=C3C(=NOCc4ccc([N+](=O)[O-])cc4)CC(N(Cc4ccc5c(c4)OCO5)C(=O)OCCCl)C(OCC=C)(O2)C31. The van der Waals surface area contributed by atoms with E-state index >= 15 is 0 Å². The van der Waals surface area contributed by atoms with Gasteiger partial charge in [-0.15, -0.1) is 18.2 Å². The smallest absolute Gasteiger partial charge is 0.410 e. The highest BCUT2D eigenvalue weighted by atomic mass is 35.5. The minimum Gasteiger partial charge on any atom is -0.490 e. The Bertz CT molecular complexity index is 2180. The van der Waals surface area contributed by atoms with E-state index in [0.29, 0.717) is 53.7 Å². The fraction of sp³-hybridized carbons (Fsp3) is 0.458. The van der Waals surface area contributed by atoms with Crippen LogP contribution in [0.3, 0.4) is 0 Å². The molecule has 0 radical (unpaired) electrons. The summed E-state index contributed by atoms with van der Waals surface area (Å²) in [5, 5.41) is 36.1. The number of nitro groups is 1. The van der Waals surface area contributed by atoms with E-state index < -0.39 is 28.8 Å². The maximum atomic E-state index is 14.6. The first kappa shape index (κ1) is 46.4. The Kier molecular flexibility index (Phi) is 15.8. The molecule has 6 unspecified atom stereocenters. The maximum absolute atomic E-state index is 14.6. The number of nitro benzene ring substituents is 1. The number of amides is 1. The number of rotatable bonds is 23. The van der Waals surface area contributed by atoms with Crippen molar-refractivity contribution in [2.75, 3.05) is 45.7 Å². The number of fused-ring (bicyclic) bond motifs is 3. The fourth-order valence-electron chi connectivity index (χ4n) is 9.54. The number of unbranched alkanes of at least 4 members (excludes halogenated alkanes) is 2. The first-order valence-electron chi connectivity index (χ1n) is 21.8. The molecule has 7 rings (SSSR count). The van der Waals surface area contributed by atoms with Gasteiger partial charge >= 0.3 is 6.09 Å². The predicted molar refractivity (Wildman–Crippen MR) is 239 cm³/mol. The molecule has 0 aromatic heterocycles. The normalized spacial score (nSPS) is 23.2. The lowest BCUT2D eigenvalue weighted by Gasteiger charge is -2.59. The minimum absolute atomic E-state index is 0.00265. The second-order valence-electron chi connectivity index (χ2n) is 16.2. The molecule has 2 heterocycles. The number of allylic oxidation sites excluding steroid dienone is 1. The third-order valence-corrected chi connectivity index (χ3v) is 12.4. The molecule has 1 saturated carbocycles. The first-order chi connectivity index (χ1) is 31.2. The van der Waals surface area contributed by atoms with Gasteiger partial charge in [-0.2, -0.15) is 0 Å². The number of carbonyl (C=O) groups is 1. The monoisotopic (exact) mass is 901 g/mol. The molecule has 2 aliphatic carbocycles. The second-order valence-corrected chi connectivity index (χ2v) is 16.6. The molecular formula is C48H56ClN3O12. The van der Waals surface area contributed by atoms with Crippen LogP contribution in [0.25, 0.3) is 0 Å². The Balaban J connectivity index is 1.43. The number of oxime groups is 1. The van der Waals surface area contributed by atoms with E-state index in [1.165, 1.54) is 12.1 Å². The molecule has 0 saturated heterocycles. The first-order valence-corrected chi connectivity index (χ1v) is 22.3. The van der Waals surface area contributed by atoms with Crippen LogP contribution in [0, 0.1) is 27.9 Å². The van der Waals surface area contributed by atoms with Crippen molar-refractivity contribution in [2.45, 2.75) is 75.8 Å². The van der Waals surface area contributed by atoms with Gasteiger partial charge in [-0.25, -0.2) is 4.79 Å². The van der Waals surface area contributed by atoms with Crippen molar-refractivity contribution in [1.29, 1.82) is 0 Å². The molecule has 3 aromatic carbocycles. The number of carbonyl (C=O) groups excluding carboxylic acids is 1. The highest BCUT2D eigenvalue weighted by Crippen LogP contribution is 2.62. The van der Waals surface area contributed by atoms with Gasteiger partial charge in [-0.05, 0) is 96.7 Å². The van der Waals surface area contributed by atoms with Crippen molar-refractivity contribution < 1.29 is 53.2 Å². The van der Waals surface area contributed by atoms with Gasteiger partial charge in [0.1, 0.15) is 37.4 Å². The molecule has 0 bridgehead atoms. The lowest BCUT2D eigenvalue weighted by Crippen LogP contribution is -2.70. The number of halogens is 1. The molecule has 342 valence electrons. The van der Waals surface area contributed by atoms with Crippen LogP contribution in [-0.2, 0) is 27.5 Å². The summed E-state index contributed by atoms with van der Waals surface area (Å²) in [7, 11) is 0. The van der Waals surface area contributed by atoms with Crippen LogP contribution in [0.15, 0.2) is 103 Å². The summed E-state index contributed by atoms with van der Waals surface area (Å²) >= 11 is 6.11. The molecule has 64 heavy (non-hydrogen) atoms. The zero-order valence-electron chi connectivity index (χ0n) is 35.8. The zero-order chi connectivity index (χ0) is 45.1. The van der Waals surface area contributed by atoms with Crippen molar-refractivity contribution in [3.63, 3.8) is 0 Å². The van der Waals surface area contributed by atoms with Crippen LogP contribution in [-0.4, -0.2) is 89.4 Å². The van der Waals surface area contributed by atoms with E-state index in [-0.39, 0.29) is 82.1 Å². The van der Waals surface area contributed by atoms with Gasteiger partial charge in [0.05, 0.1) is 29.0 Å². The van der Waals surface area contributed by atoms with E-state index in [9.17, 15) is 25.1 Å². The van der Waals surface area contributed by atoms with Crippen LogP contribution < -0.4 is 18.9 Å². The van der Waals surface area contributed by atoms with Gasteiger partial charge in [0.15, 0.2) is 11.5 Å². The molecular weight excluding hydrogens is 846 g/mol. The number of benzene rings is 3. The number of alkyl halides is 1. The third-order valence-electron chi connectivity index (χ3n) is 12.3. The van der Waals surface area contributed by atoms with Crippen LogP contribution in [0.5, 0.6) is 23.0 Å². The van der Waals surface area contributed by atoms with Crippen LogP contribution in [0.4, 0.5) is 10.5 Å². The summed E-state index contributed by atoms with van der Waals surface area (Å²) < 4.78 is 37.7. The number of nitrogens with zero attached hydrogens (tertiary/aromatic N) is 3. The van der Waals surface area contributed by atoms with Gasteiger partial charge in [-0.1, -0.05) is 48.9 Å². The predicted octanol–water partition coefficient (Wildman–Crippen LogP) is 8.60. The van der Waals surface area contributed by atoms with Crippen molar-refractivity contribution >= 4 is 29.1 Å². The lowest BCUT2D eigenvalue weighted by molar-refractivity contribution is -0.384. The van der Waals surface area contributed by atoms with Gasteiger partial charge in [0.25, 0.3) is 5.69 Å². The fourth-order valence-corrected chi connectivity index (χ4v) is 9.62. The molecule has 4 aliphatic rings. The van der Waals surface area contributed by atoms with Gasteiger partial charge in [0, 0.05) is 49.8 Å². The standard InChI is InChI=1S/C48H56ClN3O12/c1-3-22-58-36-16-18-41-39(27-36)45-37(10-6-8-21-54)34(9-5-7-20-53)26-38-40(50-63-30-32-11-14-35(15-12-32)52(56)57)28-44(48(64-41,46(38)45)62-23-4-2)51(47(55)59-24-19-49)29-33-13-17-42-43(25-33)61-31-60-42/h3-4,11-18,25-27,34,37,44-46,53-54H,1-2,5-10,19-24,28-31H2. The highest BCUT2D eigenvalue weighted by Gasteiger charge is 2.65. The Morgan fingerprint density at radius 3 is 2.42 bits per heavy atom. The molecule has 1 fully saturated rings. The average molecular weight is 902 g/mol. The van der Waals surface area contributed by atoms with Crippen LogP contribution >= 0.6 is 11.6 Å². The van der Waals surface area contributed by atoms with E-state index in [1.54, 1.807) is 35.3 Å². The zero-order valence-corrected chi connectivity index (χ0v) is 36.6. The maximum Gasteiger partial charge on any atom is 0.410 e. The Hall–Kier alpha value is -5.61. The van der Waals surface area contributed by atoms with Crippen LogP contribution in [0.1, 0.15) is 67.6 Å². The van der Waals surface area contributed by atoms with Crippen molar-refractivity contribution in [3.8, 4) is 23.0 Å². The Morgan fingerprint density at radius 1 is 0.953 bits per heavy atom.